The molecular weight excluding hydrogens is 270 g/mol. The topological polar surface area (TPSA) is 12.9 Å². The molecule has 0 saturated heterocycles. The molecule has 0 aliphatic carbocycles. The van der Waals surface area contributed by atoms with Crippen molar-refractivity contribution in [3.63, 3.8) is 0 Å². The first-order valence-electron chi connectivity index (χ1n) is 3.62. The van der Waals surface area contributed by atoms with Gasteiger partial charge in [0.2, 0.25) is 0 Å². The molecule has 1 nitrogen and oxygen atoms in total. The smallest absolute Gasteiger partial charge is 0.0792 e. The fourth-order valence-corrected chi connectivity index (χ4v) is 2.47. The molecule has 0 atom stereocenters. The molecule has 0 aromatic carbocycles. The summed E-state index contributed by atoms with van der Waals surface area (Å²) in [7, 11) is 0. The Hall–Kier alpha value is -0.380. The molecule has 2 heterocycles. The van der Waals surface area contributed by atoms with Crippen molar-refractivity contribution < 1.29 is 0 Å². The Labute approximate surface area is 93.5 Å². The molecule has 2 rings (SSSR count). The molecule has 0 amide bonds. The van der Waals surface area contributed by atoms with Crippen LogP contribution in [0.5, 0.6) is 0 Å². The molecule has 0 aliphatic heterocycles. The third-order valence-corrected chi connectivity index (χ3v) is 3.54. The second-order valence-electron chi connectivity index (χ2n) is 2.47. The van der Waals surface area contributed by atoms with Crippen molar-refractivity contribution in [3.05, 3.63) is 38.6 Å². The van der Waals surface area contributed by atoms with E-state index >= 15 is 0 Å². The minimum absolute atomic E-state index is 0.711. The number of halogens is 2. The highest BCUT2D eigenvalue weighted by atomic mass is 79.9. The number of rotatable bonds is 1. The number of hydrogen-bond donors (Lipinski definition) is 0. The van der Waals surface area contributed by atoms with Gasteiger partial charge in [-0.3, -0.25) is 4.98 Å². The first kappa shape index (κ1) is 9.19. The van der Waals surface area contributed by atoms with E-state index in [1.54, 1.807) is 23.6 Å². The molecule has 13 heavy (non-hydrogen) atoms. The number of aromatic nitrogens is 1. The van der Waals surface area contributed by atoms with Crippen molar-refractivity contribution >= 4 is 38.9 Å². The molecule has 0 fully saturated rings. The van der Waals surface area contributed by atoms with Crippen molar-refractivity contribution in [1.29, 1.82) is 0 Å². The molecule has 0 bridgehead atoms. The van der Waals surface area contributed by atoms with Crippen molar-refractivity contribution in [2.45, 2.75) is 0 Å². The second kappa shape index (κ2) is 3.78. The third kappa shape index (κ3) is 1.93. The highest BCUT2D eigenvalue weighted by molar-refractivity contribution is 9.11. The molecule has 0 saturated carbocycles. The Balaban J connectivity index is 2.53. The Morgan fingerprint density at radius 2 is 2.23 bits per heavy atom. The highest BCUT2D eigenvalue weighted by Gasteiger charge is 2.05. The predicted molar refractivity (Wildman–Crippen MR) is 60.3 cm³/mol. The molecule has 0 spiro atoms. The molecular formula is C9H5BrClNS. The average Bonchev–Trinajstić information content (AvgIpc) is 2.51. The minimum atomic E-state index is 0.711. The third-order valence-electron chi connectivity index (χ3n) is 1.62. The van der Waals surface area contributed by atoms with Gasteiger partial charge in [0, 0.05) is 16.8 Å². The lowest BCUT2D eigenvalue weighted by Gasteiger charge is -1.97. The molecule has 0 N–H and O–H groups in total. The van der Waals surface area contributed by atoms with Gasteiger partial charge >= 0.3 is 0 Å². The molecule has 4 heteroatoms. The zero-order chi connectivity index (χ0) is 9.26. The van der Waals surface area contributed by atoms with Crippen LogP contribution >= 0.6 is 38.9 Å². The van der Waals surface area contributed by atoms with Crippen LogP contribution in [0.3, 0.4) is 0 Å². The van der Waals surface area contributed by atoms with E-state index in [0.29, 0.717) is 5.02 Å². The van der Waals surface area contributed by atoms with E-state index in [2.05, 4.69) is 20.9 Å². The van der Waals surface area contributed by atoms with E-state index in [9.17, 15) is 0 Å². The number of nitrogens with zero attached hydrogens (tertiary/aromatic N) is 1. The van der Waals surface area contributed by atoms with Gasteiger partial charge in [0.25, 0.3) is 0 Å². The van der Waals surface area contributed by atoms with E-state index in [4.69, 9.17) is 11.6 Å². The number of thiophene rings is 1. The van der Waals surface area contributed by atoms with E-state index in [0.717, 1.165) is 15.0 Å². The van der Waals surface area contributed by atoms with E-state index in [1.807, 2.05) is 17.5 Å². The zero-order valence-electron chi connectivity index (χ0n) is 6.50. The summed E-state index contributed by atoms with van der Waals surface area (Å²) in [5.41, 5.74) is 1.99. The van der Waals surface area contributed by atoms with Crippen LogP contribution in [0.1, 0.15) is 0 Å². The van der Waals surface area contributed by atoms with Crippen LogP contribution in [-0.4, -0.2) is 4.98 Å². The lowest BCUT2D eigenvalue weighted by Crippen LogP contribution is -1.79. The summed E-state index contributed by atoms with van der Waals surface area (Å²) in [5, 5.41) is 2.73. The minimum Gasteiger partial charge on any atom is -0.256 e. The van der Waals surface area contributed by atoms with Gasteiger partial charge in [0.15, 0.2) is 0 Å². The molecule has 66 valence electrons. The normalized spacial score (nSPS) is 10.3. The van der Waals surface area contributed by atoms with Gasteiger partial charge in [0.1, 0.15) is 0 Å². The van der Waals surface area contributed by atoms with Crippen molar-refractivity contribution in [1.82, 2.24) is 4.98 Å². The van der Waals surface area contributed by atoms with Crippen molar-refractivity contribution in [2.24, 2.45) is 0 Å². The summed E-state index contributed by atoms with van der Waals surface area (Å²) < 4.78 is 1.09. The zero-order valence-corrected chi connectivity index (χ0v) is 9.66. The van der Waals surface area contributed by atoms with Crippen molar-refractivity contribution in [2.75, 3.05) is 0 Å². The van der Waals surface area contributed by atoms with E-state index in [1.165, 1.54) is 0 Å². The summed E-state index contributed by atoms with van der Waals surface area (Å²) in [6, 6.07) is 5.65. The second-order valence-corrected chi connectivity index (χ2v) is 5.14. The summed E-state index contributed by atoms with van der Waals surface area (Å²) in [6.45, 7) is 0. The van der Waals surface area contributed by atoms with E-state index in [-0.39, 0.29) is 0 Å². The lowest BCUT2D eigenvalue weighted by molar-refractivity contribution is 1.33. The molecule has 0 radical (unpaired) electrons. The predicted octanol–water partition coefficient (Wildman–Crippen LogP) is 4.23. The fraction of sp³-hybridized carbons (Fsp3) is 0. The number of pyridine rings is 1. The van der Waals surface area contributed by atoms with Crippen molar-refractivity contribution in [3.8, 4) is 11.3 Å². The van der Waals surface area contributed by atoms with Crippen LogP contribution in [0.15, 0.2) is 33.6 Å². The highest BCUT2D eigenvalue weighted by Crippen LogP contribution is 2.32. The summed E-state index contributed by atoms with van der Waals surface area (Å²) in [6.07, 6.45) is 1.71. The first-order chi connectivity index (χ1) is 6.27. The standard InChI is InChI=1S/C9H5BrClNS/c10-9-7(2-4-13-9)8-5-6(11)1-3-12-8/h1-5H. The largest absolute Gasteiger partial charge is 0.256 e. The summed E-state index contributed by atoms with van der Waals surface area (Å²) in [5.74, 6) is 0. The maximum absolute atomic E-state index is 5.86. The van der Waals surface area contributed by atoms with Gasteiger partial charge in [-0.25, -0.2) is 0 Å². The van der Waals surface area contributed by atoms with Gasteiger partial charge in [-0.1, -0.05) is 11.6 Å². The van der Waals surface area contributed by atoms with Gasteiger partial charge in [-0.05, 0) is 39.5 Å². The average molecular weight is 275 g/mol. The number of hydrogen-bond acceptors (Lipinski definition) is 2. The van der Waals surface area contributed by atoms with Crippen LogP contribution in [-0.2, 0) is 0 Å². The SMILES string of the molecule is Clc1ccnc(-c2ccsc2Br)c1. The summed E-state index contributed by atoms with van der Waals surface area (Å²) in [4.78, 5) is 4.24. The van der Waals surface area contributed by atoms with Crippen LogP contribution in [0.2, 0.25) is 5.02 Å². The Kier molecular flexibility index (Phi) is 2.67. The van der Waals surface area contributed by atoms with Gasteiger partial charge in [-0.2, -0.15) is 0 Å². The van der Waals surface area contributed by atoms with Crippen LogP contribution in [0.4, 0.5) is 0 Å². The lowest BCUT2D eigenvalue weighted by atomic mass is 10.2. The summed E-state index contributed by atoms with van der Waals surface area (Å²) >= 11 is 11.0. The van der Waals surface area contributed by atoms with Crippen LogP contribution in [0, 0.1) is 0 Å². The molecule has 0 unspecified atom stereocenters. The van der Waals surface area contributed by atoms with Gasteiger partial charge < -0.3 is 0 Å². The fourth-order valence-electron chi connectivity index (χ4n) is 1.03. The van der Waals surface area contributed by atoms with Gasteiger partial charge in [-0.15, -0.1) is 11.3 Å². The molecule has 2 aromatic heterocycles. The van der Waals surface area contributed by atoms with Crippen LogP contribution in [0.25, 0.3) is 11.3 Å². The first-order valence-corrected chi connectivity index (χ1v) is 5.67. The molecule has 2 aromatic rings. The Bertz CT molecular complexity index is 427. The molecule has 0 aliphatic rings. The van der Waals surface area contributed by atoms with Crippen LogP contribution < -0.4 is 0 Å². The van der Waals surface area contributed by atoms with Gasteiger partial charge in [0.05, 0.1) is 9.48 Å². The Morgan fingerprint density at radius 1 is 1.38 bits per heavy atom. The van der Waals surface area contributed by atoms with E-state index < -0.39 is 0 Å². The maximum Gasteiger partial charge on any atom is 0.0792 e. The monoisotopic (exact) mass is 273 g/mol. The maximum atomic E-state index is 5.86. The quantitative estimate of drug-likeness (QED) is 0.758. The Morgan fingerprint density at radius 3 is 2.85 bits per heavy atom.